The third kappa shape index (κ3) is 2.83. The van der Waals surface area contributed by atoms with Crippen LogP contribution in [0, 0.1) is 0 Å². The highest BCUT2D eigenvalue weighted by Crippen LogP contribution is 2.33. The molecule has 0 aromatic heterocycles. The van der Waals surface area contributed by atoms with Crippen LogP contribution in [0.15, 0.2) is 88.5 Å². The Morgan fingerprint density at radius 3 is 2.35 bits per heavy atom. The smallest absolute Gasteiger partial charge is 0.211 e. The molecule has 0 spiro atoms. The summed E-state index contributed by atoms with van der Waals surface area (Å²) in [5.74, 6) is -0.447. The van der Waals surface area contributed by atoms with Gasteiger partial charge in [-0.2, -0.15) is 0 Å². The van der Waals surface area contributed by atoms with Crippen LogP contribution >= 0.6 is 0 Å². The Hall–Kier alpha value is -2.66. The molecule has 0 unspecified atom stereocenters. The van der Waals surface area contributed by atoms with E-state index < -0.39 is 15.6 Å². The summed E-state index contributed by atoms with van der Waals surface area (Å²) in [4.78, 5) is 14.0. The molecule has 1 aromatic carbocycles. The standard InChI is InChI=1S/C18H15NO3S/c1-19-12-10-14(11-13-19)6-2-4-9-17-18(20)15-7-3-5-8-16(15)23(17,21)22/h2-13H,1H3/b4-2+,17-9-. The minimum absolute atomic E-state index is 0.0872. The molecule has 0 bridgehead atoms. The van der Waals surface area contributed by atoms with E-state index in [-0.39, 0.29) is 15.4 Å². The average Bonchev–Trinajstić information content (AvgIpc) is 2.74. The third-order valence-corrected chi connectivity index (χ3v) is 5.42. The summed E-state index contributed by atoms with van der Waals surface area (Å²) in [5, 5.41) is 0. The lowest BCUT2D eigenvalue weighted by Crippen LogP contribution is -2.02. The SMILES string of the molecule is CN1C=CC(=C/C=C/C=C2/C(=O)c3ccccc3S2(=O)=O)C=C1. The molecule has 0 aliphatic carbocycles. The summed E-state index contributed by atoms with van der Waals surface area (Å²) in [6.07, 6.45) is 14.2. The van der Waals surface area contributed by atoms with Crippen LogP contribution < -0.4 is 0 Å². The number of hydrogen-bond donors (Lipinski definition) is 0. The van der Waals surface area contributed by atoms with Crippen molar-refractivity contribution >= 4 is 15.6 Å². The van der Waals surface area contributed by atoms with Crippen molar-refractivity contribution in [1.82, 2.24) is 4.90 Å². The van der Waals surface area contributed by atoms with Crippen molar-refractivity contribution < 1.29 is 13.2 Å². The number of Topliss-reactive ketones (excluding diaryl/α,β-unsaturated/α-hetero) is 1. The number of nitrogens with zero attached hydrogens (tertiary/aromatic N) is 1. The van der Waals surface area contributed by atoms with Crippen molar-refractivity contribution in [3.05, 3.63) is 89.2 Å². The van der Waals surface area contributed by atoms with Gasteiger partial charge in [0.25, 0.3) is 0 Å². The van der Waals surface area contributed by atoms with Gasteiger partial charge in [0, 0.05) is 25.0 Å². The number of hydrogen-bond acceptors (Lipinski definition) is 4. The molecule has 4 nitrogen and oxygen atoms in total. The van der Waals surface area contributed by atoms with E-state index in [2.05, 4.69) is 0 Å². The molecule has 5 heteroatoms. The molecule has 3 rings (SSSR count). The minimum atomic E-state index is -3.70. The molecule has 0 amide bonds. The molecule has 0 saturated heterocycles. The molecule has 2 heterocycles. The number of ketones is 1. The number of sulfone groups is 1. The average molecular weight is 325 g/mol. The summed E-state index contributed by atoms with van der Waals surface area (Å²) in [6.45, 7) is 0. The zero-order valence-corrected chi connectivity index (χ0v) is 13.3. The first-order chi connectivity index (χ1) is 11.0. The van der Waals surface area contributed by atoms with E-state index in [4.69, 9.17) is 0 Å². The van der Waals surface area contributed by atoms with Gasteiger partial charge in [0.05, 0.1) is 4.90 Å². The Bertz CT molecular complexity index is 899. The molecule has 0 atom stereocenters. The van der Waals surface area contributed by atoms with Crippen molar-refractivity contribution in [2.75, 3.05) is 7.05 Å². The lowest BCUT2D eigenvalue weighted by atomic mass is 10.1. The van der Waals surface area contributed by atoms with Gasteiger partial charge in [-0.05, 0) is 35.9 Å². The van der Waals surface area contributed by atoms with Crippen molar-refractivity contribution in [3.63, 3.8) is 0 Å². The van der Waals surface area contributed by atoms with Gasteiger partial charge >= 0.3 is 0 Å². The van der Waals surface area contributed by atoms with Crippen LogP contribution in [0.1, 0.15) is 10.4 Å². The van der Waals surface area contributed by atoms with Gasteiger partial charge in [0.2, 0.25) is 15.6 Å². The van der Waals surface area contributed by atoms with E-state index in [1.165, 1.54) is 18.2 Å². The first-order valence-corrected chi connectivity index (χ1v) is 8.54. The summed E-state index contributed by atoms with van der Waals surface area (Å²) in [5.41, 5.74) is 1.23. The highest BCUT2D eigenvalue weighted by atomic mass is 32.2. The van der Waals surface area contributed by atoms with Crippen LogP contribution in [-0.4, -0.2) is 26.1 Å². The first kappa shape index (κ1) is 15.2. The van der Waals surface area contributed by atoms with Crippen LogP contribution in [0.3, 0.4) is 0 Å². The predicted octanol–water partition coefficient (Wildman–Crippen LogP) is 3.00. The monoisotopic (exact) mass is 325 g/mol. The number of carbonyl (C=O) groups is 1. The lowest BCUT2D eigenvalue weighted by Gasteiger charge is -2.11. The van der Waals surface area contributed by atoms with E-state index in [0.29, 0.717) is 0 Å². The largest absolute Gasteiger partial charge is 0.357 e. The number of allylic oxidation sites excluding steroid dienone is 8. The maximum absolute atomic E-state index is 12.4. The molecular formula is C18H15NO3S. The molecule has 0 fully saturated rings. The molecule has 0 saturated carbocycles. The quantitative estimate of drug-likeness (QED) is 0.785. The Morgan fingerprint density at radius 2 is 1.65 bits per heavy atom. The maximum atomic E-state index is 12.4. The molecule has 0 radical (unpaired) electrons. The highest BCUT2D eigenvalue weighted by Gasteiger charge is 2.38. The lowest BCUT2D eigenvalue weighted by molar-refractivity contribution is 0.104. The number of benzene rings is 1. The fraction of sp³-hybridized carbons (Fsp3) is 0.0556. The van der Waals surface area contributed by atoms with Crippen molar-refractivity contribution in [2.45, 2.75) is 4.90 Å². The Labute approximate surface area is 135 Å². The van der Waals surface area contributed by atoms with Gasteiger partial charge in [0.15, 0.2) is 0 Å². The Kier molecular flexibility index (Phi) is 3.88. The van der Waals surface area contributed by atoms with Crippen molar-refractivity contribution in [2.24, 2.45) is 0 Å². The van der Waals surface area contributed by atoms with Crippen LogP contribution in [0.25, 0.3) is 0 Å². The second kappa shape index (κ2) is 5.85. The van der Waals surface area contributed by atoms with Crippen LogP contribution in [-0.2, 0) is 9.84 Å². The summed E-state index contributed by atoms with van der Waals surface area (Å²) in [7, 11) is -1.77. The van der Waals surface area contributed by atoms with Gasteiger partial charge < -0.3 is 4.90 Å². The van der Waals surface area contributed by atoms with E-state index in [0.717, 1.165) is 5.57 Å². The molecule has 2 aliphatic heterocycles. The number of carbonyl (C=O) groups excluding carboxylic acids is 1. The Morgan fingerprint density at radius 1 is 1.00 bits per heavy atom. The highest BCUT2D eigenvalue weighted by molar-refractivity contribution is 7.97. The third-order valence-electron chi connectivity index (χ3n) is 3.59. The normalized spacial score (nSPS) is 20.6. The number of rotatable bonds is 2. The van der Waals surface area contributed by atoms with E-state index in [1.54, 1.807) is 24.3 Å². The first-order valence-electron chi connectivity index (χ1n) is 7.06. The maximum Gasteiger partial charge on any atom is 0.211 e. The van der Waals surface area contributed by atoms with E-state index >= 15 is 0 Å². The predicted molar refractivity (Wildman–Crippen MR) is 89.3 cm³/mol. The summed E-state index contributed by atoms with van der Waals surface area (Å²) in [6, 6.07) is 6.28. The van der Waals surface area contributed by atoms with Crippen molar-refractivity contribution in [3.8, 4) is 0 Å². The number of fused-ring (bicyclic) bond motifs is 1. The zero-order chi connectivity index (χ0) is 16.4. The van der Waals surface area contributed by atoms with E-state index in [1.807, 2.05) is 42.6 Å². The van der Waals surface area contributed by atoms with Crippen LogP contribution in [0.5, 0.6) is 0 Å². The van der Waals surface area contributed by atoms with Gasteiger partial charge in [-0.1, -0.05) is 30.4 Å². The molecule has 23 heavy (non-hydrogen) atoms. The summed E-state index contributed by atoms with van der Waals surface area (Å²) < 4.78 is 24.7. The fourth-order valence-corrected chi connectivity index (χ4v) is 3.92. The van der Waals surface area contributed by atoms with Crippen LogP contribution in [0.4, 0.5) is 0 Å². The molecule has 2 aliphatic rings. The fourth-order valence-electron chi connectivity index (χ4n) is 2.36. The van der Waals surface area contributed by atoms with Crippen LogP contribution in [0.2, 0.25) is 0 Å². The van der Waals surface area contributed by atoms with Gasteiger partial charge in [-0.25, -0.2) is 8.42 Å². The van der Waals surface area contributed by atoms with Gasteiger partial charge in [-0.3, -0.25) is 4.79 Å². The molecule has 0 N–H and O–H groups in total. The second-order valence-electron chi connectivity index (χ2n) is 5.21. The Balaban J connectivity index is 1.86. The summed E-state index contributed by atoms with van der Waals surface area (Å²) >= 11 is 0. The minimum Gasteiger partial charge on any atom is -0.357 e. The van der Waals surface area contributed by atoms with E-state index in [9.17, 15) is 13.2 Å². The topological polar surface area (TPSA) is 54.5 Å². The molecule has 1 aromatic rings. The molecular weight excluding hydrogens is 310 g/mol. The zero-order valence-electron chi connectivity index (χ0n) is 12.5. The second-order valence-corrected chi connectivity index (χ2v) is 7.09. The van der Waals surface area contributed by atoms with Gasteiger partial charge in [-0.15, -0.1) is 0 Å². The van der Waals surface area contributed by atoms with Gasteiger partial charge in [0.1, 0.15) is 4.91 Å². The van der Waals surface area contributed by atoms with Crippen molar-refractivity contribution in [1.29, 1.82) is 0 Å². The molecule has 116 valence electrons.